The van der Waals surface area contributed by atoms with Crippen molar-refractivity contribution >= 4 is 34.4 Å². The molecule has 30 heavy (non-hydrogen) atoms. The summed E-state index contributed by atoms with van der Waals surface area (Å²) in [6.45, 7) is 2.29. The molecule has 156 valence electrons. The van der Waals surface area contributed by atoms with E-state index in [1.165, 1.54) is 0 Å². The summed E-state index contributed by atoms with van der Waals surface area (Å²) in [5.74, 6) is -2.44. The number of fused-ring (bicyclic) bond motifs is 1. The molecule has 2 aromatic carbocycles. The summed E-state index contributed by atoms with van der Waals surface area (Å²) in [5, 5.41) is 0.231. The normalized spacial score (nSPS) is 17.8. The van der Waals surface area contributed by atoms with Gasteiger partial charge in [0.1, 0.15) is 17.0 Å². The van der Waals surface area contributed by atoms with E-state index in [9.17, 15) is 18.4 Å². The Morgan fingerprint density at radius 3 is 2.67 bits per heavy atom. The van der Waals surface area contributed by atoms with Gasteiger partial charge >= 0.3 is 0 Å². The summed E-state index contributed by atoms with van der Waals surface area (Å²) in [6, 6.07) is 8.87. The predicted octanol–water partition coefficient (Wildman–Crippen LogP) is 3.66. The quantitative estimate of drug-likeness (QED) is 0.668. The van der Waals surface area contributed by atoms with Gasteiger partial charge in [0.15, 0.2) is 0 Å². The minimum atomic E-state index is -1.03. The van der Waals surface area contributed by atoms with Crippen molar-refractivity contribution in [3.05, 3.63) is 69.0 Å². The van der Waals surface area contributed by atoms with E-state index in [-0.39, 0.29) is 34.6 Å². The average molecular weight is 433 g/mol. The number of carbonyl (C=O) groups excluding carboxylic acids is 1. The van der Waals surface area contributed by atoms with Crippen molar-refractivity contribution in [3.63, 3.8) is 0 Å². The monoisotopic (exact) mass is 432 g/mol. The first-order chi connectivity index (χ1) is 14.3. The van der Waals surface area contributed by atoms with E-state index in [4.69, 9.17) is 11.6 Å². The van der Waals surface area contributed by atoms with Gasteiger partial charge in [-0.25, -0.2) is 13.8 Å². The molecule has 0 bridgehead atoms. The molecule has 1 saturated carbocycles. The van der Waals surface area contributed by atoms with Crippen molar-refractivity contribution in [2.45, 2.75) is 19.3 Å². The molecule has 0 saturated heterocycles. The summed E-state index contributed by atoms with van der Waals surface area (Å²) in [5.41, 5.74) is 2.65. The van der Waals surface area contributed by atoms with Crippen molar-refractivity contribution in [1.82, 2.24) is 9.66 Å². The SMILES string of the molecule is CCN(C)c1nc2cc(F)cc(F)c2c(=O)n1NC(=O)C1C[C@@H]1c1ccc(Cl)cc1. The first-order valence-electron chi connectivity index (χ1n) is 9.49. The Kier molecular flexibility index (Phi) is 5.19. The van der Waals surface area contributed by atoms with Gasteiger partial charge in [0, 0.05) is 36.7 Å². The van der Waals surface area contributed by atoms with Crippen molar-refractivity contribution in [1.29, 1.82) is 0 Å². The molecule has 3 aromatic rings. The fourth-order valence-electron chi connectivity index (χ4n) is 3.47. The van der Waals surface area contributed by atoms with E-state index in [2.05, 4.69) is 10.4 Å². The molecular formula is C21H19ClF2N4O2. The summed E-state index contributed by atoms with van der Waals surface area (Å²) < 4.78 is 28.9. The second kappa shape index (κ2) is 7.68. The first-order valence-corrected chi connectivity index (χ1v) is 9.87. The van der Waals surface area contributed by atoms with Crippen LogP contribution in [0.4, 0.5) is 14.7 Å². The van der Waals surface area contributed by atoms with Crippen LogP contribution in [0.2, 0.25) is 5.02 Å². The molecule has 0 radical (unpaired) electrons. The van der Waals surface area contributed by atoms with Crippen molar-refractivity contribution in [2.24, 2.45) is 5.92 Å². The van der Waals surface area contributed by atoms with Crippen LogP contribution in [-0.2, 0) is 4.79 Å². The number of carbonyl (C=O) groups is 1. The molecule has 1 amide bonds. The fourth-order valence-corrected chi connectivity index (χ4v) is 3.60. The topological polar surface area (TPSA) is 67.2 Å². The van der Waals surface area contributed by atoms with Gasteiger partial charge in [0.05, 0.1) is 5.52 Å². The lowest BCUT2D eigenvalue weighted by molar-refractivity contribution is -0.118. The molecule has 1 aromatic heterocycles. The number of halogens is 3. The lowest BCUT2D eigenvalue weighted by Gasteiger charge is -2.21. The Balaban J connectivity index is 1.69. The molecule has 9 heteroatoms. The van der Waals surface area contributed by atoms with E-state index < -0.39 is 17.2 Å². The maximum Gasteiger partial charge on any atom is 0.284 e. The highest BCUT2D eigenvalue weighted by atomic mass is 35.5. The van der Waals surface area contributed by atoms with Gasteiger partial charge < -0.3 is 4.90 Å². The number of hydrogen-bond acceptors (Lipinski definition) is 4. The molecule has 4 rings (SSSR count). The molecule has 0 spiro atoms. The first kappa shape index (κ1) is 20.3. The minimum absolute atomic E-state index is 0.0181. The Labute approximate surface area is 176 Å². The zero-order chi connectivity index (χ0) is 21.6. The summed E-state index contributed by atoms with van der Waals surface area (Å²) >= 11 is 5.91. The number of aromatic nitrogens is 2. The maximum absolute atomic E-state index is 14.3. The third kappa shape index (κ3) is 3.63. The van der Waals surface area contributed by atoms with E-state index in [0.29, 0.717) is 24.1 Å². The van der Waals surface area contributed by atoms with Gasteiger partial charge in [-0.3, -0.25) is 15.0 Å². The van der Waals surface area contributed by atoms with Gasteiger partial charge in [0.25, 0.3) is 5.56 Å². The van der Waals surface area contributed by atoms with Crippen molar-refractivity contribution in [3.8, 4) is 0 Å². The summed E-state index contributed by atoms with van der Waals surface area (Å²) in [7, 11) is 1.67. The Morgan fingerprint density at radius 2 is 2.00 bits per heavy atom. The molecule has 1 N–H and O–H groups in total. The highest BCUT2D eigenvalue weighted by Crippen LogP contribution is 2.47. The van der Waals surface area contributed by atoms with Crippen LogP contribution in [-0.4, -0.2) is 29.2 Å². The highest BCUT2D eigenvalue weighted by Gasteiger charge is 2.44. The van der Waals surface area contributed by atoms with Crippen molar-refractivity contribution < 1.29 is 13.6 Å². The van der Waals surface area contributed by atoms with Gasteiger partial charge in [-0.15, -0.1) is 0 Å². The molecule has 2 atom stereocenters. The van der Waals surface area contributed by atoms with Crippen LogP contribution >= 0.6 is 11.6 Å². The smallest absolute Gasteiger partial charge is 0.284 e. The molecule has 1 fully saturated rings. The molecular weight excluding hydrogens is 414 g/mol. The molecule has 1 unspecified atom stereocenters. The van der Waals surface area contributed by atoms with Gasteiger partial charge in [-0.2, -0.15) is 4.68 Å². The van der Waals surface area contributed by atoms with Gasteiger partial charge in [0.2, 0.25) is 11.9 Å². The van der Waals surface area contributed by atoms with E-state index in [1.54, 1.807) is 24.1 Å². The largest absolute Gasteiger partial charge is 0.344 e. The number of rotatable bonds is 5. The molecule has 6 nitrogen and oxygen atoms in total. The zero-order valence-electron chi connectivity index (χ0n) is 16.3. The van der Waals surface area contributed by atoms with E-state index >= 15 is 0 Å². The molecule has 1 heterocycles. The van der Waals surface area contributed by atoms with Crippen LogP contribution in [0.5, 0.6) is 0 Å². The van der Waals surface area contributed by atoms with Gasteiger partial charge in [-0.05, 0) is 37.0 Å². The highest BCUT2D eigenvalue weighted by molar-refractivity contribution is 6.30. The predicted molar refractivity (Wildman–Crippen MR) is 112 cm³/mol. The Morgan fingerprint density at radius 1 is 1.30 bits per heavy atom. The molecule has 1 aliphatic carbocycles. The Hall–Kier alpha value is -3.00. The summed E-state index contributed by atoms with van der Waals surface area (Å²) in [4.78, 5) is 31.6. The third-order valence-electron chi connectivity index (χ3n) is 5.33. The zero-order valence-corrected chi connectivity index (χ0v) is 17.1. The van der Waals surface area contributed by atoms with Crippen LogP contribution in [0.25, 0.3) is 10.9 Å². The number of nitrogens with zero attached hydrogens (tertiary/aromatic N) is 3. The van der Waals surface area contributed by atoms with Crippen LogP contribution in [0.3, 0.4) is 0 Å². The van der Waals surface area contributed by atoms with Crippen LogP contribution in [0, 0.1) is 17.6 Å². The second-order valence-electron chi connectivity index (χ2n) is 7.32. The molecule has 0 aliphatic heterocycles. The second-order valence-corrected chi connectivity index (χ2v) is 7.76. The fraction of sp³-hybridized carbons (Fsp3) is 0.286. The van der Waals surface area contributed by atoms with E-state index in [1.807, 2.05) is 19.1 Å². The van der Waals surface area contributed by atoms with Crippen LogP contribution < -0.4 is 15.9 Å². The standard InChI is InChI=1S/C21H19ClF2N4O2/c1-3-27(2)21-25-17-9-13(23)8-16(24)18(17)20(30)28(21)26-19(29)15-10-14(15)11-4-6-12(22)7-5-11/h4-9,14-15H,3,10H2,1-2H3,(H,26,29)/t14-,15?/m1/s1. The average Bonchev–Trinajstić information content (AvgIpc) is 3.50. The number of benzene rings is 2. The maximum atomic E-state index is 14.3. The summed E-state index contributed by atoms with van der Waals surface area (Å²) in [6.07, 6.45) is 0.627. The lowest BCUT2D eigenvalue weighted by Crippen LogP contribution is -2.39. The van der Waals surface area contributed by atoms with Crippen LogP contribution in [0.1, 0.15) is 24.8 Å². The minimum Gasteiger partial charge on any atom is -0.344 e. The molecule has 1 aliphatic rings. The number of hydrogen-bond donors (Lipinski definition) is 1. The number of amides is 1. The lowest BCUT2D eigenvalue weighted by atomic mass is 10.1. The van der Waals surface area contributed by atoms with Crippen LogP contribution in [0.15, 0.2) is 41.2 Å². The van der Waals surface area contributed by atoms with Gasteiger partial charge in [-0.1, -0.05) is 23.7 Å². The third-order valence-corrected chi connectivity index (χ3v) is 5.59. The number of anilines is 1. The Bertz CT molecular complexity index is 1200. The van der Waals surface area contributed by atoms with E-state index in [0.717, 1.165) is 16.3 Å². The van der Waals surface area contributed by atoms with Crippen molar-refractivity contribution in [2.75, 3.05) is 23.9 Å². The number of nitrogens with one attached hydrogen (secondary N) is 1.